The highest BCUT2D eigenvalue weighted by Gasteiger charge is 2.10. The highest BCUT2D eigenvalue weighted by atomic mass is 79.9. The van der Waals surface area contributed by atoms with Gasteiger partial charge in [0.05, 0.1) is 16.2 Å². The van der Waals surface area contributed by atoms with Gasteiger partial charge in [-0.15, -0.1) is 0 Å². The fourth-order valence-corrected chi connectivity index (χ4v) is 2.37. The van der Waals surface area contributed by atoms with Crippen LogP contribution < -0.4 is 10.6 Å². The number of nitriles is 1. The van der Waals surface area contributed by atoms with Crippen LogP contribution in [0.3, 0.4) is 0 Å². The number of nitro groups is 1. The van der Waals surface area contributed by atoms with Gasteiger partial charge in [0.2, 0.25) is 0 Å². The molecule has 2 aromatic carbocycles. The molecule has 7 nitrogen and oxygen atoms in total. The third kappa shape index (κ3) is 5.29. The minimum atomic E-state index is -0.539. The van der Waals surface area contributed by atoms with Gasteiger partial charge in [0.1, 0.15) is 6.07 Å². The topological polar surface area (TPSA) is 108 Å². The number of rotatable bonds is 7. The van der Waals surface area contributed by atoms with E-state index in [1.165, 1.54) is 18.2 Å². The molecule has 0 saturated heterocycles. The number of nitro benzene ring substituents is 1. The Bertz CT molecular complexity index is 816. The van der Waals surface area contributed by atoms with E-state index < -0.39 is 4.92 Å². The van der Waals surface area contributed by atoms with Crippen molar-refractivity contribution in [3.05, 3.63) is 68.2 Å². The van der Waals surface area contributed by atoms with E-state index in [2.05, 4.69) is 26.6 Å². The summed E-state index contributed by atoms with van der Waals surface area (Å²) in [6.07, 6.45) is 0.643. The van der Waals surface area contributed by atoms with Gasteiger partial charge in [-0.25, -0.2) is 0 Å². The third-order valence-corrected chi connectivity index (χ3v) is 3.92. The molecular formula is C17H15BrN4O3. The summed E-state index contributed by atoms with van der Waals surface area (Å²) in [7, 11) is 0. The van der Waals surface area contributed by atoms with Crippen molar-refractivity contribution in [2.45, 2.75) is 6.42 Å². The summed E-state index contributed by atoms with van der Waals surface area (Å²) < 4.78 is 0.907. The van der Waals surface area contributed by atoms with E-state index in [9.17, 15) is 14.9 Å². The van der Waals surface area contributed by atoms with E-state index in [0.29, 0.717) is 30.8 Å². The highest BCUT2D eigenvalue weighted by molar-refractivity contribution is 9.10. The van der Waals surface area contributed by atoms with Gasteiger partial charge in [-0.2, -0.15) is 5.26 Å². The third-order valence-electron chi connectivity index (χ3n) is 3.40. The van der Waals surface area contributed by atoms with Crippen molar-refractivity contribution < 1.29 is 9.72 Å². The maximum atomic E-state index is 11.9. The van der Waals surface area contributed by atoms with Crippen molar-refractivity contribution in [2.75, 3.05) is 18.4 Å². The number of nitrogens with zero attached hydrogens (tertiary/aromatic N) is 2. The van der Waals surface area contributed by atoms with Crippen molar-refractivity contribution in [3.8, 4) is 6.07 Å². The van der Waals surface area contributed by atoms with E-state index in [1.54, 1.807) is 24.3 Å². The molecule has 0 atom stereocenters. The largest absolute Gasteiger partial charge is 0.384 e. The molecule has 0 aliphatic carbocycles. The Hall–Kier alpha value is -2.92. The molecule has 2 N–H and O–H groups in total. The molecule has 0 heterocycles. The number of nitrogens with one attached hydrogen (secondary N) is 2. The fraction of sp³-hybridized carbons (Fsp3) is 0.176. The molecule has 0 bridgehead atoms. The van der Waals surface area contributed by atoms with Crippen LogP contribution in [0.4, 0.5) is 11.4 Å². The van der Waals surface area contributed by atoms with Gasteiger partial charge in [-0.05, 0) is 36.8 Å². The minimum Gasteiger partial charge on any atom is -0.384 e. The van der Waals surface area contributed by atoms with E-state index >= 15 is 0 Å². The first-order valence-corrected chi connectivity index (χ1v) is 8.26. The summed E-state index contributed by atoms with van der Waals surface area (Å²) in [4.78, 5) is 22.1. The molecule has 0 aliphatic heterocycles. The predicted molar refractivity (Wildman–Crippen MR) is 97.4 cm³/mol. The average Bonchev–Trinajstić information content (AvgIpc) is 2.61. The number of amides is 1. The smallest absolute Gasteiger partial charge is 0.270 e. The number of carbonyl (C=O) groups excluding carboxylic acids is 1. The second-order valence-electron chi connectivity index (χ2n) is 5.14. The second-order valence-corrected chi connectivity index (χ2v) is 6.06. The molecule has 0 fully saturated rings. The molecule has 2 rings (SSSR count). The van der Waals surface area contributed by atoms with Crippen LogP contribution in [0.1, 0.15) is 22.3 Å². The Morgan fingerprint density at radius 1 is 1.20 bits per heavy atom. The number of hydrogen-bond acceptors (Lipinski definition) is 5. The Morgan fingerprint density at radius 3 is 2.56 bits per heavy atom. The highest BCUT2D eigenvalue weighted by Crippen LogP contribution is 2.21. The predicted octanol–water partition coefficient (Wildman–Crippen LogP) is 3.46. The molecule has 0 spiro atoms. The summed E-state index contributed by atoms with van der Waals surface area (Å²) in [5.41, 5.74) is 1.21. The molecule has 25 heavy (non-hydrogen) atoms. The quantitative estimate of drug-likeness (QED) is 0.418. The van der Waals surface area contributed by atoms with Gasteiger partial charge >= 0.3 is 0 Å². The first-order chi connectivity index (χ1) is 12.0. The summed E-state index contributed by atoms with van der Waals surface area (Å²) in [5, 5.41) is 25.6. The zero-order valence-electron chi connectivity index (χ0n) is 13.2. The molecular weight excluding hydrogens is 388 g/mol. The molecule has 0 radical (unpaired) electrons. The zero-order chi connectivity index (χ0) is 18.2. The van der Waals surface area contributed by atoms with Gasteiger partial charge < -0.3 is 10.6 Å². The Labute approximate surface area is 152 Å². The molecule has 1 amide bonds. The monoisotopic (exact) mass is 402 g/mol. The fourth-order valence-electron chi connectivity index (χ4n) is 2.11. The summed E-state index contributed by atoms with van der Waals surface area (Å²) in [6.45, 7) is 0.990. The lowest BCUT2D eigenvalue weighted by molar-refractivity contribution is -0.384. The van der Waals surface area contributed by atoms with Crippen molar-refractivity contribution in [3.63, 3.8) is 0 Å². The lowest BCUT2D eigenvalue weighted by atomic mass is 10.1. The zero-order valence-corrected chi connectivity index (χ0v) is 14.7. The Morgan fingerprint density at radius 2 is 1.92 bits per heavy atom. The maximum absolute atomic E-state index is 11.9. The van der Waals surface area contributed by atoms with E-state index in [1.807, 2.05) is 6.07 Å². The van der Waals surface area contributed by atoms with Crippen molar-refractivity contribution in [2.24, 2.45) is 0 Å². The first kappa shape index (κ1) is 18.4. The molecule has 0 unspecified atom stereocenters. The van der Waals surface area contributed by atoms with Crippen LogP contribution in [0.15, 0.2) is 46.9 Å². The lowest BCUT2D eigenvalue weighted by Gasteiger charge is -2.09. The number of carbonyl (C=O) groups is 1. The number of non-ortho nitro benzene ring substituents is 1. The maximum Gasteiger partial charge on any atom is 0.270 e. The van der Waals surface area contributed by atoms with E-state index in [0.717, 1.165) is 4.47 Å². The second kappa shape index (κ2) is 8.80. The van der Waals surface area contributed by atoms with Crippen LogP contribution in [0.25, 0.3) is 0 Å². The normalized spacial score (nSPS) is 9.92. The molecule has 0 aliphatic rings. The van der Waals surface area contributed by atoms with Crippen LogP contribution in [-0.4, -0.2) is 23.9 Å². The van der Waals surface area contributed by atoms with E-state index in [-0.39, 0.29) is 17.2 Å². The van der Waals surface area contributed by atoms with Crippen molar-refractivity contribution >= 4 is 33.2 Å². The summed E-state index contributed by atoms with van der Waals surface area (Å²) in [5.74, 6) is -0.152. The lowest BCUT2D eigenvalue weighted by Crippen LogP contribution is -2.25. The van der Waals surface area contributed by atoms with Crippen LogP contribution in [0.5, 0.6) is 0 Å². The number of anilines is 1. The standard InChI is InChI=1S/C17H15BrN4O3/c18-14-4-2-12(3-5-14)17(23)21-9-1-8-20-16-7-6-15(22(24)25)10-13(16)11-19/h2-7,10,20H,1,8-9H2,(H,21,23). The van der Waals surface area contributed by atoms with Gasteiger partial charge in [0, 0.05) is 35.3 Å². The van der Waals surface area contributed by atoms with Gasteiger partial charge in [-0.3, -0.25) is 14.9 Å². The molecule has 0 aromatic heterocycles. The summed E-state index contributed by atoms with van der Waals surface area (Å²) >= 11 is 3.31. The van der Waals surface area contributed by atoms with Crippen LogP contribution in [0.2, 0.25) is 0 Å². The van der Waals surface area contributed by atoms with Gasteiger partial charge in [0.25, 0.3) is 11.6 Å². The first-order valence-electron chi connectivity index (χ1n) is 7.47. The average molecular weight is 403 g/mol. The van der Waals surface area contributed by atoms with Crippen molar-refractivity contribution in [1.29, 1.82) is 5.26 Å². The molecule has 8 heteroatoms. The molecule has 2 aromatic rings. The van der Waals surface area contributed by atoms with Gasteiger partial charge in [-0.1, -0.05) is 15.9 Å². The molecule has 0 saturated carbocycles. The number of halogens is 1. The van der Waals surface area contributed by atoms with Crippen LogP contribution in [-0.2, 0) is 0 Å². The SMILES string of the molecule is N#Cc1cc([N+](=O)[O-])ccc1NCCCNC(=O)c1ccc(Br)cc1. The Kier molecular flexibility index (Phi) is 6.48. The molecule has 128 valence electrons. The Balaban J connectivity index is 1.79. The summed E-state index contributed by atoms with van der Waals surface area (Å²) in [6, 6.07) is 13.1. The minimum absolute atomic E-state index is 0.121. The number of benzene rings is 2. The van der Waals surface area contributed by atoms with Gasteiger partial charge in [0.15, 0.2) is 0 Å². The van der Waals surface area contributed by atoms with E-state index in [4.69, 9.17) is 5.26 Å². The van der Waals surface area contributed by atoms with Crippen LogP contribution in [0, 0.1) is 21.4 Å². The van der Waals surface area contributed by atoms with Crippen molar-refractivity contribution in [1.82, 2.24) is 5.32 Å². The van der Waals surface area contributed by atoms with Crippen LogP contribution >= 0.6 is 15.9 Å². The number of hydrogen-bond donors (Lipinski definition) is 2.